The Morgan fingerprint density at radius 3 is 2.26 bits per heavy atom. The Labute approximate surface area is 248 Å². The highest BCUT2D eigenvalue weighted by atomic mass is 79.9. The Balaban J connectivity index is 1.53. The van der Waals surface area contributed by atoms with Gasteiger partial charge in [-0.15, -0.1) is 0 Å². The summed E-state index contributed by atoms with van der Waals surface area (Å²) in [5.74, 6) is -1.70. The monoisotopic (exact) mass is 637 g/mol. The van der Waals surface area contributed by atoms with E-state index in [1.54, 1.807) is 37.4 Å². The number of amides is 5. The van der Waals surface area contributed by atoms with Crippen molar-refractivity contribution in [1.29, 1.82) is 0 Å². The van der Waals surface area contributed by atoms with Crippen LogP contribution < -0.4 is 29.7 Å². The molecule has 1 fully saturated rings. The van der Waals surface area contributed by atoms with E-state index in [2.05, 4.69) is 31.3 Å². The third-order valence-electron chi connectivity index (χ3n) is 5.93. The van der Waals surface area contributed by atoms with Crippen molar-refractivity contribution in [3.63, 3.8) is 0 Å². The van der Waals surface area contributed by atoms with Crippen LogP contribution >= 0.6 is 15.9 Å². The lowest BCUT2D eigenvalue weighted by Gasteiger charge is -2.26. The normalized spacial score (nSPS) is 13.9. The molecular formula is C29H24BrN3O9. The molecule has 42 heavy (non-hydrogen) atoms. The molecule has 216 valence electrons. The molecule has 4 rings (SSSR count). The molecule has 0 radical (unpaired) electrons. The van der Waals surface area contributed by atoms with E-state index < -0.39 is 29.7 Å². The van der Waals surface area contributed by atoms with Crippen LogP contribution in [0.4, 0.5) is 16.2 Å². The Kier molecular flexibility index (Phi) is 9.22. The fourth-order valence-corrected chi connectivity index (χ4v) is 4.47. The third-order valence-corrected chi connectivity index (χ3v) is 6.52. The molecule has 3 aromatic carbocycles. The van der Waals surface area contributed by atoms with Crippen molar-refractivity contribution in [2.75, 3.05) is 38.2 Å². The van der Waals surface area contributed by atoms with Gasteiger partial charge in [0.2, 0.25) is 0 Å². The van der Waals surface area contributed by atoms with Gasteiger partial charge in [-0.1, -0.05) is 0 Å². The molecule has 1 aliphatic rings. The third kappa shape index (κ3) is 6.58. The molecule has 12 nitrogen and oxygen atoms in total. The van der Waals surface area contributed by atoms with Gasteiger partial charge in [0.25, 0.3) is 17.7 Å². The lowest BCUT2D eigenvalue weighted by molar-refractivity contribution is -0.122. The number of anilines is 2. The molecule has 0 saturated carbocycles. The number of rotatable bonds is 9. The first-order chi connectivity index (χ1) is 20.1. The number of carbonyl (C=O) groups is 5. The smallest absolute Gasteiger partial charge is 0.337 e. The van der Waals surface area contributed by atoms with Gasteiger partial charge < -0.3 is 24.3 Å². The number of nitrogens with one attached hydrogen (secondary N) is 2. The number of ether oxygens (including phenoxy) is 4. The molecular weight excluding hydrogens is 614 g/mol. The Hall–Kier alpha value is -5.17. The number of imide groups is 2. The molecule has 0 unspecified atom stereocenters. The second-order valence-corrected chi connectivity index (χ2v) is 9.45. The standard InChI is InChI=1S/C29H24BrN3O9/c1-39-20-10-6-18(7-11-20)31-24(34)15-42-25-22(30)13-16(14-23(25)40-2)12-21-26(35)32-29(38)33(27(21)36)19-8-4-17(5-9-19)28(37)41-3/h4-14H,15H2,1-3H3,(H,31,34)(H,32,35,38)/b21-12-. The van der Waals surface area contributed by atoms with Crippen molar-refractivity contribution in [3.8, 4) is 17.2 Å². The van der Waals surface area contributed by atoms with Crippen molar-refractivity contribution in [2.24, 2.45) is 0 Å². The predicted molar refractivity (Wildman–Crippen MR) is 155 cm³/mol. The second-order valence-electron chi connectivity index (χ2n) is 8.60. The fourth-order valence-electron chi connectivity index (χ4n) is 3.90. The molecule has 0 bridgehead atoms. The maximum atomic E-state index is 13.3. The maximum Gasteiger partial charge on any atom is 0.337 e. The van der Waals surface area contributed by atoms with Gasteiger partial charge in [0.15, 0.2) is 18.1 Å². The average Bonchev–Trinajstić information content (AvgIpc) is 2.98. The van der Waals surface area contributed by atoms with E-state index in [0.29, 0.717) is 21.5 Å². The van der Waals surface area contributed by atoms with Gasteiger partial charge in [0, 0.05) is 5.69 Å². The van der Waals surface area contributed by atoms with Crippen LogP contribution in [0.25, 0.3) is 6.08 Å². The van der Waals surface area contributed by atoms with Gasteiger partial charge in [0.1, 0.15) is 11.3 Å². The summed E-state index contributed by atoms with van der Waals surface area (Å²) in [6.45, 7) is -0.339. The number of barbiturate groups is 1. The van der Waals surface area contributed by atoms with Gasteiger partial charge in [-0.3, -0.25) is 19.7 Å². The quantitative estimate of drug-likeness (QED) is 0.202. The Bertz CT molecular complexity index is 1590. The van der Waals surface area contributed by atoms with E-state index in [1.807, 2.05) is 0 Å². The van der Waals surface area contributed by atoms with Gasteiger partial charge >= 0.3 is 12.0 Å². The highest BCUT2D eigenvalue weighted by Crippen LogP contribution is 2.37. The first-order valence-electron chi connectivity index (χ1n) is 12.2. The lowest BCUT2D eigenvalue weighted by Crippen LogP contribution is -2.54. The van der Waals surface area contributed by atoms with Crippen LogP contribution in [0, 0.1) is 0 Å². The molecule has 1 heterocycles. The number of esters is 1. The van der Waals surface area contributed by atoms with Gasteiger partial charge in [-0.25, -0.2) is 14.5 Å². The molecule has 0 aliphatic carbocycles. The number of urea groups is 1. The van der Waals surface area contributed by atoms with E-state index in [4.69, 9.17) is 14.2 Å². The summed E-state index contributed by atoms with van der Waals surface area (Å²) in [4.78, 5) is 63.3. The van der Waals surface area contributed by atoms with E-state index in [0.717, 1.165) is 4.90 Å². The van der Waals surface area contributed by atoms with Crippen LogP contribution in [0.5, 0.6) is 17.2 Å². The zero-order valence-electron chi connectivity index (χ0n) is 22.6. The summed E-state index contributed by atoms with van der Waals surface area (Å²) in [6, 6.07) is 14.4. The molecule has 1 saturated heterocycles. The molecule has 5 amide bonds. The average molecular weight is 638 g/mol. The van der Waals surface area contributed by atoms with Crippen molar-refractivity contribution in [2.45, 2.75) is 0 Å². The maximum absolute atomic E-state index is 13.3. The van der Waals surface area contributed by atoms with Crippen LogP contribution in [0.3, 0.4) is 0 Å². The second kappa shape index (κ2) is 13.0. The minimum atomic E-state index is -0.941. The van der Waals surface area contributed by atoms with Crippen LogP contribution in [0.15, 0.2) is 70.7 Å². The predicted octanol–water partition coefficient (Wildman–Crippen LogP) is 3.94. The highest BCUT2D eigenvalue weighted by Gasteiger charge is 2.37. The van der Waals surface area contributed by atoms with Crippen LogP contribution in [-0.4, -0.2) is 57.7 Å². The number of halogens is 1. The SMILES string of the molecule is COC(=O)c1ccc(N2C(=O)NC(=O)/C(=C/c3cc(Br)c(OCC(=O)Nc4ccc(OC)cc4)c(OC)c3)C2=O)cc1. The van der Waals surface area contributed by atoms with Crippen molar-refractivity contribution in [1.82, 2.24) is 5.32 Å². The molecule has 3 aromatic rings. The number of benzene rings is 3. The summed E-state index contributed by atoms with van der Waals surface area (Å²) >= 11 is 3.38. The molecule has 0 atom stereocenters. The zero-order chi connectivity index (χ0) is 30.4. The molecule has 13 heteroatoms. The van der Waals surface area contributed by atoms with Gasteiger partial charge in [-0.2, -0.15) is 0 Å². The van der Waals surface area contributed by atoms with Crippen LogP contribution in [0.2, 0.25) is 0 Å². The topological polar surface area (TPSA) is 150 Å². The Morgan fingerprint density at radius 2 is 1.64 bits per heavy atom. The highest BCUT2D eigenvalue weighted by molar-refractivity contribution is 9.10. The Morgan fingerprint density at radius 1 is 0.952 bits per heavy atom. The molecule has 2 N–H and O–H groups in total. The van der Waals surface area contributed by atoms with Crippen molar-refractivity contribution >= 4 is 63.1 Å². The van der Waals surface area contributed by atoms with Gasteiger partial charge in [-0.05, 0) is 88.2 Å². The summed E-state index contributed by atoms with van der Waals surface area (Å²) in [5.41, 5.74) is 0.949. The zero-order valence-corrected chi connectivity index (χ0v) is 24.1. The van der Waals surface area contributed by atoms with E-state index in [-0.39, 0.29) is 34.9 Å². The summed E-state index contributed by atoms with van der Waals surface area (Å²) in [5, 5.41) is 4.85. The molecule has 0 aromatic heterocycles. The number of methoxy groups -OCH3 is 3. The number of carbonyl (C=O) groups excluding carboxylic acids is 5. The van der Waals surface area contributed by atoms with Crippen LogP contribution in [-0.2, 0) is 19.1 Å². The van der Waals surface area contributed by atoms with Crippen molar-refractivity contribution in [3.05, 3.63) is 81.8 Å². The van der Waals surface area contributed by atoms with Crippen molar-refractivity contribution < 1.29 is 42.9 Å². The first-order valence-corrected chi connectivity index (χ1v) is 13.0. The first kappa shape index (κ1) is 29.8. The van der Waals surface area contributed by atoms with E-state index in [9.17, 15) is 24.0 Å². The fraction of sp³-hybridized carbons (Fsp3) is 0.138. The summed E-state index contributed by atoms with van der Waals surface area (Å²) in [6.07, 6.45) is 1.29. The molecule has 0 spiro atoms. The number of nitrogens with zero attached hydrogens (tertiary/aromatic N) is 1. The number of hydrogen-bond donors (Lipinski definition) is 2. The number of hydrogen-bond acceptors (Lipinski definition) is 9. The van der Waals surface area contributed by atoms with E-state index >= 15 is 0 Å². The minimum Gasteiger partial charge on any atom is -0.497 e. The summed E-state index contributed by atoms with van der Waals surface area (Å²) in [7, 11) is 4.16. The summed E-state index contributed by atoms with van der Waals surface area (Å²) < 4.78 is 21.2. The lowest BCUT2D eigenvalue weighted by atomic mass is 10.1. The van der Waals surface area contributed by atoms with Crippen LogP contribution in [0.1, 0.15) is 15.9 Å². The van der Waals surface area contributed by atoms with Gasteiger partial charge in [0.05, 0.1) is 37.1 Å². The molecule has 1 aliphatic heterocycles. The largest absolute Gasteiger partial charge is 0.497 e. The minimum absolute atomic E-state index is 0.138. The van der Waals surface area contributed by atoms with E-state index in [1.165, 1.54) is 50.6 Å².